The number of rotatable bonds is 3. The molecular weight excluding hydrogens is 270 g/mol. The highest BCUT2D eigenvalue weighted by Gasteiger charge is 2.24. The molecule has 6 nitrogen and oxygen atoms in total. The minimum absolute atomic E-state index is 0.0306. The highest BCUT2D eigenvalue weighted by molar-refractivity contribution is 5.91. The van der Waals surface area contributed by atoms with Crippen molar-refractivity contribution in [3.05, 3.63) is 41.2 Å². The molecule has 6 heteroatoms. The molecule has 21 heavy (non-hydrogen) atoms. The van der Waals surface area contributed by atoms with Gasteiger partial charge in [-0.15, -0.1) is 0 Å². The largest absolute Gasteiger partial charge is 0.459 e. The summed E-state index contributed by atoms with van der Waals surface area (Å²) in [5, 5.41) is 3.98. The average molecular weight is 289 g/mol. The number of aryl methyl sites for hydroxylation is 2. The second-order valence-electron chi connectivity index (χ2n) is 5.35. The van der Waals surface area contributed by atoms with Gasteiger partial charge in [0, 0.05) is 38.3 Å². The van der Waals surface area contributed by atoms with E-state index < -0.39 is 0 Å². The first-order valence-corrected chi connectivity index (χ1v) is 7.12. The SMILES string of the molecule is Cc1noc(C)c1CN1CCN(C(=O)c2ccco2)CC1. The predicted molar refractivity (Wildman–Crippen MR) is 75.9 cm³/mol. The van der Waals surface area contributed by atoms with Gasteiger partial charge in [0.2, 0.25) is 0 Å². The lowest BCUT2D eigenvalue weighted by atomic mass is 10.1. The Kier molecular flexibility index (Phi) is 3.79. The van der Waals surface area contributed by atoms with Gasteiger partial charge in [-0.05, 0) is 26.0 Å². The van der Waals surface area contributed by atoms with Crippen molar-refractivity contribution < 1.29 is 13.7 Å². The van der Waals surface area contributed by atoms with Crippen molar-refractivity contribution in [2.75, 3.05) is 26.2 Å². The van der Waals surface area contributed by atoms with Gasteiger partial charge >= 0.3 is 0 Å². The molecule has 1 aliphatic rings. The maximum atomic E-state index is 12.2. The first kappa shape index (κ1) is 13.9. The van der Waals surface area contributed by atoms with Gasteiger partial charge in [0.25, 0.3) is 5.91 Å². The van der Waals surface area contributed by atoms with Crippen LogP contribution in [0.1, 0.15) is 27.6 Å². The van der Waals surface area contributed by atoms with E-state index in [4.69, 9.17) is 8.94 Å². The van der Waals surface area contributed by atoms with Crippen LogP contribution in [0.15, 0.2) is 27.3 Å². The van der Waals surface area contributed by atoms with E-state index in [2.05, 4.69) is 10.1 Å². The van der Waals surface area contributed by atoms with Gasteiger partial charge in [-0.3, -0.25) is 9.69 Å². The van der Waals surface area contributed by atoms with Gasteiger partial charge in [-0.1, -0.05) is 5.16 Å². The van der Waals surface area contributed by atoms with Crippen LogP contribution >= 0.6 is 0 Å². The third kappa shape index (κ3) is 2.85. The van der Waals surface area contributed by atoms with Gasteiger partial charge in [-0.25, -0.2) is 0 Å². The topological polar surface area (TPSA) is 62.7 Å². The van der Waals surface area contributed by atoms with Gasteiger partial charge in [0.05, 0.1) is 12.0 Å². The van der Waals surface area contributed by atoms with E-state index in [1.165, 1.54) is 6.26 Å². The Morgan fingerprint density at radius 1 is 1.29 bits per heavy atom. The number of hydrogen-bond acceptors (Lipinski definition) is 5. The monoisotopic (exact) mass is 289 g/mol. The van der Waals surface area contributed by atoms with E-state index >= 15 is 0 Å². The lowest BCUT2D eigenvalue weighted by molar-refractivity contribution is 0.0597. The molecule has 1 saturated heterocycles. The van der Waals surface area contributed by atoms with Crippen molar-refractivity contribution in [3.63, 3.8) is 0 Å². The highest BCUT2D eigenvalue weighted by Crippen LogP contribution is 2.17. The Balaban J connectivity index is 1.57. The minimum Gasteiger partial charge on any atom is -0.459 e. The Hall–Kier alpha value is -2.08. The van der Waals surface area contributed by atoms with Gasteiger partial charge in [-0.2, -0.15) is 0 Å². The minimum atomic E-state index is -0.0306. The van der Waals surface area contributed by atoms with Crippen LogP contribution in [0.25, 0.3) is 0 Å². The molecule has 112 valence electrons. The van der Waals surface area contributed by atoms with Gasteiger partial charge < -0.3 is 13.8 Å². The van der Waals surface area contributed by atoms with Crippen molar-refractivity contribution in [2.24, 2.45) is 0 Å². The molecule has 1 fully saturated rings. The first-order chi connectivity index (χ1) is 10.1. The summed E-state index contributed by atoms with van der Waals surface area (Å²) in [5.41, 5.74) is 2.10. The third-order valence-corrected chi connectivity index (χ3v) is 3.95. The molecule has 0 N–H and O–H groups in total. The summed E-state index contributed by atoms with van der Waals surface area (Å²) in [5.74, 6) is 1.26. The number of furan rings is 1. The lowest BCUT2D eigenvalue weighted by Crippen LogP contribution is -2.48. The zero-order valence-electron chi connectivity index (χ0n) is 12.3. The molecular formula is C15H19N3O3. The average Bonchev–Trinajstić information content (AvgIpc) is 3.13. The van der Waals surface area contributed by atoms with Crippen LogP contribution in [0.5, 0.6) is 0 Å². The molecule has 0 atom stereocenters. The molecule has 0 unspecified atom stereocenters. The summed E-state index contributed by atoms with van der Waals surface area (Å²) in [4.78, 5) is 16.3. The third-order valence-electron chi connectivity index (χ3n) is 3.95. The lowest BCUT2D eigenvalue weighted by Gasteiger charge is -2.34. The van der Waals surface area contributed by atoms with E-state index in [0.717, 1.165) is 36.7 Å². The second-order valence-corrected chi connectivity index (χ2v) is 5.35. The van der Waals surface area contributed by atoms with Crippen LogP contribution in [0.4, 0.5) is 0 Å². The summed E-state index contributed by atoms with van der Waals surface area (Å²) in [7, 11) is 0. The molecule has 3 rings (SSSR count). The molecule has 0 bridgehead atoms. The summed E-state index contributed by atoms with van der Waals surface area (Å²) < 4.78 is 10.4. The van der Waals surface area contributed by atoms with Crippen molar-refractivity contribution in [1.82, 2.24) is 15.0 Å². The molecule has 3 heterocycles. The maximum absolute atomic E-state index is 12.2. The van der Waals surface area contributed by atoms with Crippen LogP contribution in [0, 0.1) is 13.8 Å². The Morgan fingerprint density at radius 2 is 2.05 bits per heavy atom. The number of amides is 1. The Bertz CT molecular complexity index is 591. The van der Waals surface area contributed by atoms with Crippen LogP contribution in [-0.4, -0.2) is 47.0 Å². The van der Waals surface area contributed by atoms with Crippen LogP contribution in [0.3, 0.4) is 0 Å². The molecule has 0 radical (unpaired) electrons. The summed E-state index contributed by atoms with van der Waals surface area (Å²) >= 11 is 0. The van der Waals surface area contributed by atoms with E-state index in [0.29, 0.717) is 18.8 Å². The second kappa shape index (κ2) is 5.73. The van der Waals surface area contributed by atoms with Crippen molar-refractivity contribution in [1.29, 1.82) is 0 Å². The predicted octanol–water partition coefficient (Wildman–Crippen LogP) is 1.84. The molecule has 0 aromatic carbocycles. The quantitative estimate of drug-likeness (QED) is 0.862. The van der Waals surface area contributed by atoms with Crippen molar-refractivity contribution in [3.8, 4) is 0 Å². The van der Waals surface area contributed by atoms with Gasteiger partial charge in [0.1, 0.15) is 5.76 Å². The van der Waals surface area contributed by atoms with E-state index in [-0.39, 0.29) is 5.91 Å². The van der Waals surface area contributed by atoms with E-state index in [1.807, 2.05) is 18.7 Å². The smallest absolute Gasteiger partial charge is 0.289 e. The molecule has 1 aliphatic heterocycles. The number of aromatic nitrogens is 1. The molecule has 0 spiro atoms. The Morgan fingerprint density at radius 3 is 2.62 bits per heavy atom. The molecule has 1 amide bonds. The summed E-state index contributed by atoms with van der Waals surface area (Å²) in [6, 6.07) is 3.44. The number of nitrogens with zero attached hydrogens (tertiary/aromatic N) is 3. The maximum Gasteiger partial charge on any atom is 0.289 e. The zero-order chi connectivity index (χ0) is 14.8. The molecule has 2 aromatic rings. The van der Waals surface area contributed by atoms with Crippen LogP contribution in [-0.2, 0) is 6.54 Å². The number of piperazine rings is 1. The fourth-order valence-electron chi connectivity index (χ4n) is 2.62. The number of hydrogen-bond donors (Lipinski definition) is 0. The van der Waals surface area contributed by atoms with E-state index in [1.54, 1.807) is 12.1 Å². The standard InChI is InChI=1S/C15H19N3O3/c1-11-13(12(2)21-16-11)10-17-5-7-18(8-6-17)15(19)14-4-3-9-20-14/h3-4,9H,5-8,10H2,1-2H3. The molecule has 0 saturated carbocycles. The normalized spacial score (nSPS) is 16.4. The fraction of sp³-hybridized carbons (Fsp3) is 0.467. The summed E-state index contributed by atoms with van der Waals surface area (Å²) in [6.45, 7) is 7.83. The highest BCUT2D eigenvalue weighted by atomic mass is 16.5. The molecule has 2 aromatic heterocycles. The van der Waals surface area contributed by atoms with E-state index in [9.17, 15) is 4.79 Å². The fourth-order valence-corrected chi connectivity index (χ4v) is 2.62. The summed E-state index contributed by atoms with van der Waals surface area (Å²) in [6.07, 6.45) is 1.53. The first-order valence-electron chi connectivity index (χ1n) is 7.12. The van der Waals surface area contributed by atoms with Crippen molar-refractivity contribution >= 4 is 5.91 Å². The number of carbonyl (C=O) groups excluding carboxylic acids is 1. The van der Waals surface area contributed by atoms with Crippen LogP contribution in [0.2, 0.25) is 0 Å². The van der Waals surface area contributed by atoms with Crippen LogP contribution < -0.4 is 0 Å². The van der Waals surface area contributed by atoms with Gasteiger partial charge in [0.15, 0.2) is 5.76 Å². The molecule has 0 aliphatic carbocycles. The Labute approximate surface area is 123 Å². The zero-order valence-corrected chi connectivity index (χ0v) is 12.3. The number of carbonyl (C=O) groups is 1. The van der Waals surface area contributed by atoms with Crippen molar-refractivity contribution in [2.45, 2.75) is 20.4 Å².